The summed E-state index contributed by atoms with van der Waals surface area (Å²) in [7, 11) is 0. The number of benzene rings is 1. The van der Waals surface area contributed by atoms with Crippen molar-refractivity contribution in [3.63, 3.8) is 0 Å². The second-order valence-corrected chi connectivity index (χ2v) is 5.55. The number of pyridine rings is 1. The van der Waals surface area contributed by atoms with E-state index in [-0.39, 0.29) is 42.8 Å². The van der Waals surface area contributed by atoms with Crippen molar-refractivity contribution in [2.45, 2.75) is 12.7 Å². The summed E-state index contributed by atoms with van der Waals surface area (Å²) in [5, 5.41) is 31.1. The number of hydrogen-bond acceptors (Lipinski definition) is 7. The lowest BCUT2D eigenvalue weighted by Gasteiger charge is -2.17. The van der Waals surface area contributed by atoms with Gasteiger partial charge in [-0.05, 0) is 5.56 Å². The predicted molar refractivity (Wildman–Crippen MR) is 114 cm³/mol. The standard InChI is InChI=1S/C17H21N5O4.C2H2.CHF3/c18-13-8-15(20-9-12(13)16(19)26-7-6-23)22-17(25)21-14(10-24)11-4-2-1-3-5-11;1-2;2-1(3)4/h1-5,8-9,14,19,23-24H,6-7,10H2,(H4,18,20,21,22,25);1-2H;1H/t14-;;/m1../s1. The molecule has 0 aliphatic carbocycles. The number of carbonyl (C=O) groups is 1. The third-order valence-electron chi connectivity index (χ3n) is 3.45. The van der Waals surface area contributed by atoms with E-state index in [9.17, 15) is 23.1 Å². The molecule has 1 atom stereocenters. The van der Waals surface area contributed by atoms with E-state index in [2.05, 4.69) is 28.5 Å². The van der Waals surface area contributed by atoms with Gasteiger partial charge in [-0.3, -0.25) is 10.7 Å². The number of anilines is 2. The molecule has 0 aliphatic heterocycles. The summed E-state index contributed by atoms with van der Waals surface area (Å²) < 4.78 is 34.0. The van der Waals surface area contributed by atoms with Crippen molar-refractivity contribution in [1.82, 2.24) is 10.3 Å². The van der Waals surface area contributed by atoms with Crippen LogP contribution >= 0.6 is 0 Å². The van der Waals surface area contributed by atoms with Crippen LogP contribution in [-0.2, 0) is 4.74 Å². The number of carbonyl (C=O) groups excluding carboxylic acids is 1. The van der Waals surface area contributed by atoms with Gasteiger partial charge in [0.15, 0.2) is 0 Å². The number of urea groups is 1. The fourth-order valence-corrected chi connectivity index (χ4v) is 2.18. The lowest BCUT2D eigenvalue weighted by Crippen LogP contribution is -2.34. The molecule has 12 heteroatoms. The molecule has 2 rings (SSSR count). The number of nitrogens with two attached hydrogens (primary N) is 1. The number of rotatable bonds is 7. The summed E-state index contributed by atoms with van der Waals surface area (Å²) in [5.41, 5.74) is 7.07. The molecule has 9 nitrogen and oxygen atoms in total. The molecular formula is C20H24F3N5O4. The smallest absolute Gasteiger partial charge is 0.379 e. The van der Waals surface area contributed by atoms with Crippen LogP contribution in [0.15, 0.2) is 42.6 Å². The van der Waals surface area contributed by atoms with Gasteiger partial charge in [0.1, 0.15) is 12.4 Å². The van der Waals surface area contributed by atoms with Gasteiger partial charge in [-0.25, -0.2) is 9.78 Å². The first-order valence-corrected chi connectivity index (χ1v) is 8.85. The molecule has 0 unspecified atom stereocenters. The Morgan fingerprint density at radius 1 is 1.22 bits per heavy atom. The van der Waals surface area contributed by atoms with Crippen molar-refractivity contribution in [2.24, 2.45) is 0 Å². The molecule has 0 saturated heterocycles. The van der Waals surface area contributed by atoms with Gasteiger partial charge < -0.3 is 26.0 Å². The summed E-state index contributed by atoms with van der Waals surface area (Å²) in [5.74, 6) is -0.0343. The number of hydrogen-bond donors (Lipinski definition) is 6. The number of amides is 2. The van der Waals surface area contributed by atoms with E-state index >= 15 is 0 Å². The molecule has 2 amide bonds. The number of nitrogens with one attached hydrogen (secondary N) is 3. The van der Waals surface area contributed by atoms with Crippen LogP contribution in [0.1, 0.15) is 17.2 Å². The lowest BCUT2D eigenvalue weighted by atomic mass is 10.1. The van der Waals surface area contributed by atoms with Crippen LogP contribution in [0.4, 0.5) is 29.5 Å². The van der Waals surface area contributed by atoms with Gasteiger partial charge in [-0.15, -0.1) is 12.8 Å². The Kier molecular flexibility index (Phi) is 14.0. The summed E-state index contributed by atoms with van der Waals surface area (Å²) in [6.45, 7) is -4.17. The molecule has 2 aromatic rings. The van der Waals surface area contributed by atoms with Gasteiger partial charge in [-0.2, -0.15) is 13.2 Å². The zero-order valence-electron chi connectivity index (χ0n) is 16.8. The van der Waals surface area contributed by atoms with Crippen molar-refractivity contribution in [3.8, 4) is 12.8 Å². The van der Waals surface area contributed by atoms with Crippen molar-refractivity contribution in [3.05, 3.63) is 53.7 Å². The monoisotopic (exact) mass is 455 g/mol. The molecule has 1 heterocycles. The highest BCUT2D eigenvalue weighted by atomic mass is 19.4. The Bertz CT molecular complexity index is 851. The third kappa shape index (κ3) is 10.8. The number of aliphatic hydroxyl groups is 2. The highest BCUT2D eigenvalue weighted by molar-refractivity contribution is 5.97. The first-order chi connectivity index (χ1) is 15.3. The van der Waals surface area contributed by atoms with Crippen LogP contribution in [0.25, 0.3) is 0 Å². The topological polar surface area (TPSA) is 154 Å². The van der Waals surface area contributed by atoms with Gasteiger partial charge in [0.25, 0.3) is 0 Å². The molecule has 174 valence electrons. The maximum atomic E-state index is 12.1. The minimum Gasteiger partial charge on any atom is -0.475 e. The molecule has 0 saturated carbocycles. The predicted octanol–water partition coefficient (Wildman–Crippen LogP) is 2.28. The van der Waals surface area contributed by atoms with E-state index in [4.69, 9.17) is 21.0 Å². The SMILES string of the molecule is C#C.FC(F)F.N=C(OCCO)c1cnc(NC(=O)N[C@H](CO)c2ccccc2)cc1N. The summed E-state index contributed by atoms with van der Waals surface area (Å²) in [6, 6.07) is 9.33. The number of halogens is 3. The van der Waals surface area contributed by atoms with Gasteiger partial charge in [0, 0.05) is 18.0 Å². The van der Waals surface area contributed by atoms with Crippen LogP contribution in [0.5, 0.6) is 0 Å². The Labute approximate surface area is 182 Å². The number of alkyl halides is 3. The van der Waals surface area contributed by atoms with Crippen LogP contribution in [0, 0.1) is 18.3 Å². The van der Waals surface area contributed by atoms with Gasteiger partial charge in [0.2, 0.25) is 5.90 Å². The number of aromatic nitrogens is 1. The Hall–Kier alpha value is -3.82. The fourth-order valence-electron chi connectivity index (χ4n) is 2.18. The average molecular weight is 455 g/mol. The first kappa shape index (κ1) is 28.2. The third-order valence-corrected chi connectivity index (χ3v) is 3.45. The largest absolute Gasteiger partial charge is 0.475 e. The van der Waals surface area contributed by atoms with Crippen molar-refractivity contribution in [1.29, 1.82) is 5.41 Å². The van der Waals surface area contributed by atoms with E-state index < -0.39 is 18.8 Å². The zero-order chi connectivity index (χ0) is 24.5. The number of nitrogens with zero attached hydrogens (tertiary/aromatic N) is 1. The normalized spacial score (nSPS) is 10.5. The van der Waals surface area contributed by atoms with E-state index in [0.717, 1.165) is 5.56 Å². The second kappa shape index (κ2) is 15.9. The molecular weight excluding hydrogens is 431 g/mol. The minimum absolute atomic E-state index is 0.0251. The molecule has 0 aliphatic rings. The maximum Gasteiger partial charge on any atom is 0.379 e. The highest BCUT2D eigenvalue weighted by Crippen LogP contribution is 2.17. The van der Waals surface area contributed by atoms with E-state index in [1.165, 1.54) is 12.3 Å². The minimum atomic E-state index is -3.67. The molecule has 0 bridgehead atoms. The summed E-state index contributed by atoms with van der Waals surface area (Å²) in [4.78, 5) is 16.1. The van der Waals surface area contributed by atoms with Gasteiger partial charge >= 0.3 is 12.7 Å². The number of nitrogen functional groups attached to an aromatic ring is 1. The summed E-state index contributed by atoms with van der Waals surface area (Å²) >= 11 is 0. The lowest BCUT2D eigenvalue weighted by molar-refractivity contribution is 0.00819. The quantitative estimate of drug-likeness (QED) is 0.214. The van der Waals surface area contributed by atoms with E-state index in [0.29, 0.717) is 0 Å². The molecule has 1 aromatic heterocycles. The first-order valence-electron chi connectivity index (χ1n) is 8.85. The van der Waals surface area contributed by atoms with Gasteiger partial charge in [-0.1, -0.05) is 30.3 Å². The van der Waals surface area contributed by atoms with Crippen molar-refractivity contribution in [2.75, 3.05) is 30.9 Å². The average Bonchev–Trinajstić information content (AvgIpc) is 2.77. The second-order valence-electron chi connectivity index (χ2n) is 5.55. The van der Waals surface area contributed by atoms with E-state index in [1.54, 1.807) is 12.1 Å². The van der Waals surface area contributed by atoms with Crippen LogP contribution in [-0.4, -0.2) is 53.6 Å². The molecule has 0 radical (unpaired) electrons. The van der Waals surface area contributed by atoms with Crippen molar-refractivity contribution >= 4 is 23.4 Å². The van der Waals surface area contributed by atoms with Crippen molar-refractivity contribution < 1.29 is 32.9 Å². The molecule has 1 aromatic carbocycles. The maximum absolute atomic E-state index is 12.1. The Balaban J connectivity index is 0.00000144. The highest BCUT2D eigenvalue weighted by Gasteiger charge is 2.15. The summed E-state index contributed by atoms with van der Waals surface area (Å²) in [6.07, 6.45) is 9.30. The molecule has 7 N–H and O–H groups in total. The number of terminal acetylenes is 1. The van der Waals surface area contributed by atoms with Crippen LogP contribution in [0.3, 0.4) is 0 Å². The van der Waals surface area contributed by atoms with Crippen LogP contribution < -0.4 is 16.4 Å². The Morgan fingerprint density at radius 3 is 2.31 bits per heavy atom. The molecule has 32 heavy (non-hydrogen) atoms. The number of aliphatic hydroxyl groups excluding tert-OH is 2. The van der Waals surface area contributed by atoms with Gasteiger partial charge in [0.05, 0.1) is 24.8 Å². The van der Waals surface area contributed by atoms with Crippen LogP contribution in [0.2, 0.25) is 0 Å². The zero-order valence-corrected chi connectivity index (χ0v) is 16.8. The van der Waals surface area contributed by atoms with E-state index in [1.807, 2.05) is 18.2 Å². The molecule has 0 spiro atoms. The Morgan fingerprint density at radius 2 is 1.81 bits per heavy atom. The number of ether oxygens (including phenoxy) is 1. The molecule has 0 fully saturated rings. The fraction of sp³-hybridized carbons (Fsp3) is 0.250.